The number of sulfonamides is 1. The summed E-state index contributed by atoms with van der Waals surface area (Å²) >= 11 is 0. The van der Waals surface area contributed by atoms with Gasteiger partial charge in [0.05, 0.1) is 10.6 Å². The molecule has 1 aromatic heterocycles. The molecule has 36 heavy (non-hydrogen) atoms. The van der Waals surface area contributed by atoms with Gasteiger partial charge in [-0.05, 0) is 35.7 Å². The van der Waals surface area contributed by atoms with Crippen LogP contribution in [0.4, 0.5) is 0 Å². The molecule has 1 heterocycles. The van der Waals surface area contributed by atoms with E-state index in [-0.39, 0.29) is 16.2 Å². The summed E-state index contributed by atoms with van der Waals surface area (Å²) in [4.78, 5) is 24.0. The Hall–Kier alpha value is -4.24. The number of carboxylic acid groups (broad SMARTS) is 1. The fourth-order valence-corrected chi connectivity index (χ4v) is 5.10. The number of aryl methyl sites for hydroxylation is 1. The number of benzene rings is 3. The van der Waals surface area contributed by atoms with Crippen molar-refractivity contribution in [1.29, 1.82) is 0 Å². The minimum atomic E-state index is -4.15. The van der Waals surface area contributed by atoms with Crippen molar-refractivity contribution in [3.05, 3.63) is 107 Å². The van der Waals surface area contributed by atoms with E-state index in [9.17, 15) is 23.1 Å². The van der Waals surface area contributed by atoms with Crippen molar-refractivity contribution < 1.29 is 27.6 Å². The third-order valence-electron chi connectivity index (χ3n) is 5.64. The van der Waals surface area contributed by atoms with Gasteiger partial charge in [-0.25, -0.2) is 17.9 Å². The number of hydrogen-bond donors (Lipinski definition) is 2. The van der Waals surface area contributed by atoms with E-state index in [1.54, 1.807) is 60.7 Å². The number of carboxylic acids is 1. The van der Waals surface area contributed by atoms with Crippen molar-refractivity contribution in [1.82, 2.24) is 9.88 Å². The first kappa shape index (κ1) is 24.9. The van der Waals surface area contributed by atoms with Crippen molar-refractivity contribution >= 4 is 21.9 Å². The molecule has 0 aliphatic carbocycles. The largest absolute Gasteiger partial charge is 0.475 e. The number of nitrogens with one attached hydrogen (secondary N) is 1. The summed E-state index contributed by atoms with van der Waals surface area (Å²) in [5.74, 6) is -2.06. The van der Waals surface area contributed by atoms with E-state index in [0.717, 1.165) is 12.0 Å². The lowest BCUT2D eigenvalue weighted by Crippen LogP contribution is -2.30. The van der Waals surface area contributed by atoms with Crippen LogP contribution >= 0.6 is 0 Å². The van der Waals surface area contributed by atoms with Crippen LogP contribution in [0.3, 0.4) is 0 Å². The standard InChI is InChI=1S/C27H24N2O6S/c1-2-8-23-22(25(27(31)32)35-28-23)17-18-13-15-19(16-14-18)21-11-6-7-12-24(21)36(33,34)29-26(30)20-9-4-3-5-10-20/h3-7,9-16H,2,8,17H2,1H3,(H,29,30)(H,31,32). The third-order valence-corrected chi connectivity index (χ3v) is 7.03. The van der Waals surface area contributed by atoms with Gasteiger partial charge in [-0.1, -0.05) is 79.2 Å². The maximum absolute atomic E-state index is 13.1. The molecule has 8 nitrogen and oxygen atoms in total. The van der Waals surface area contributed by atoms with Crippen LogP contribution in [-0.4, -0.2) is 30.6 Å². The summed E-state index contributed by atoms with van der Waals surface area (Å²) in [5, 5.41) is 13.4. The van der Waals surface area contributed by atoms with Crippen molar-refractivity contribution in [2.45, 2.75) is 31.1 Å². The molecule has 0 saturated carbocycles. The summed E-state index contributed by atoms with van der Waals surface area (Å²) in [5.41, 5.74) is 3.26. The summed E-state index contributed by atoms with van der Waals surface area (Å²) < 4.78 is 33.3. The molecule has 0 radical (unpaired) electrons. The molecule has 0 atom stereocenters. The number of rotatable bonds is 9. The van der Waals surface area contributed by atoms with E-state index >= 15 is 0 Å². The minimum absolute atomic E-state index is 0.0283. The molecule has 0 saturated heterocycles. The Kier molecular flexibility index (Phi) is 7.30. The lowest BCUT2D eigenvalue weighted by atomic mass is 9.98. The fourth-order valence-electron chi connectivity index (χ4n) is 3.90. The van der Waals surface area contributed by atoms with E-state index in [4.69, 9.17) is 4.52 Å². The van der Waals surface area contributed by atoms with Crippen LogP contribution < -0.4 is 4.72 Å². The van der Waals surface area contributed by atoms with E-state index < -0.39 is 21.9 Å². The predicted octanol–water partition coefficient (Wildman–Crippen LogP) is 4.70. The van der Waals surface area contributed by atoms with Crippen LogP contribution in [0.1, 0.15) is 51.1 Å². The lowest BCUT2D eigenvalue weighted by Gasteiger charge is -2.12. The van der Waals surface area contributed by atoms with Gasteiger partial charge in [0, 0.05) is 23.1 Å². The monoisotopic (exact) mass is 504 g/mol. The van der Waals surface area contributed by atoms with Crippen LogP contribution in [0.2, 0.25) is 0 Å². The highest BCUT2D eigenvalue weighted by Gasteiger charge is 2.23. The van der Waals surface area contributed by atoms with Crippen molar-refractivity contribution in [2.75, 3.05) is 0 Å². The predicted molar refractivity (Wildman–Crippen MR) is 133 cm³/mol. The Morgan fingerprint density at radius 3 is 2.28 bits per heavy atom. The van der Waals surface area contributed by atoms with Gasteiger partial charge < -0.3 is 9.63 Å². The average Bonchev–Trinajstić information content (AvgIpc) is 3.27. The first-order chi connectivity index (χ1) is 17.3. The second-order valence-electron chi connectivity index (χ2n) is 8.16. The number of nitrogens with zero attached hydrogens (tertiary/aromatic N) is 1. The zero-order valence-electron chi connectivity index (χ0n) is 19.5. The molecule has 184 valence electrons. The van der Waals surface area contributed by atoms with Gasteiger partial charge in [0.1, 0.15) is 0 Å². The maximum atomic E-state index is 13.1. The Labute approximate surface area is 208 Å². The number of aromatic carboxylic acids is 1. The van der Waals surface area contributed by atoms with Gasteiger partial charge in [-0.15, -0.1) is 0 Å². The van der Waals surface area contributed by atoms with E-state index in [0.29, 0.717) is 35.2 Å². The molecule has 4 rings (SSSR count). The number of aromatic nitrogens is 1. The SMILES string of the molecule is CCCc1noc(C(=O)O)c1Cc1ccc(-c2ccccc2S(=O)(=O)NC(=O)c2ccccc2)cc1. The van der Waals surface area contributed by atoms with E-state index in [1.807, 2.05) is 6.92 Å². The second-order valence-corrected chi connectivity index (χ2v) is 9.81. The Morgan fingerprint density at radius 2 is 1.61 bits per heavy atom. The first-order valence-electron chi connectivity index (χ1n) is 11.3. The van der Waals surface area contributed by atoms with Gasteiger partial charge in [-0.2, -0.15) is 0 Å². The molecule has 0 unspecified atom stereocenters. The van der Waals surface area contributed by atoms with E-state index in [1.165, 1.54) is 18.2 Å². The molecule has 9 heteroatoms. The average molecular weight is 505 g/mol. The molecular weight excluding hydrogens is 480 g/mol. The number of amides is 1. The van der Waals surface area contributed by atoms with Gasteiger partial charge in [-0.3, -0.25) is 4.79 Å². The molecule has 0 fully saturated rings. The normalized spacial score (nSPS) is 11.2. The smallest absolute Gasteiger partial charge is 0.375 e. The van der Waals surface area contributed by atoms with Crippen LogP contribution in [0.15, 0.2) is 88.3 Å². The molecular formula is C27H24N2O6S. The van der Waals surface area contributed by atoms with Crippen molar-refractivity contribution in [3.8, 4) is 11.1 Å². The Bertz CT molecular complexity index is 1490. The highest BCUT2D eigenvalue weighted by atomic mass is 32.2. The highest BCUT2D eigenvalue weighted by molar-refractivity contribution is 7.90. The second kappa shape index (κ2) is 10.6. The van der Waals surface area contributed by atoms with Gasteiger partial charge >= 0.3 is 5.97 Å². The van der Waals surface area contributed by atoms with Crippen LogP contribution in [0.5, 0.6) is 0 Å². The number of carbonyl (C=O) groups excluding carboxylic acids is 1. The number of hydrogen-bond acceptors (Lipinski definition) is 6. The van der Waals surface area contributed by atoms with Crippen LogP contribution in [0, 0.1) is 0 Å². The van der Waals surface area contributed by atoms with Gasteiger partial charge in [0.15, 0.2) is 0 Å². The maximum Gasteiger partial charge on any atom is 0.375 e. The van der Waals surface area contributed by atoms with Crippen LogP contribution in [0.25, 0.3) is 11.1 Å². The molecule has 0 aliphatic rings. The molecule has 4 aromatic rings. The summed E-state index contributed by atoms with van der Waals surface area (Å²) in [6.45, 7) is 1.97. The zero-order valence-corrected chi connectivity index (χ0v) is 20.3. The van der Waals surface area contributed by atoms with E-state index in [2.05, 4.69) is 9.88 Å². The summed E-state index contributed by atoms with van der Waals surface area (Å²) in [6.07, 6.45) is 1.71. The Morgan fingerprint density at radius 1 is 0.944 bits per heavy atom. The van der Waals surface area contributed by atoms with Crippen LogP contribution in [-0.2, 0) is 22.9 Å². The fraction of sp³-hybridized carbons (Fsp3) is 0.148. The number of carbonyl (C=O) groups is 2. The molecule has 2 N–H and O–H groups in total. The quantitative estimate of drug-likeness (QED) is 0.338. The minimum Gasteiger partial charge on any atom is -0.475 e. The lowest BCUT2D eigenvalue weighted by molar-refractivity contribution is 0.0650. The van der Waals surface area contributed by atoms with Crippen molar-refractivity contribution in [2.24, 2.45) is 0 Å². The Balaban J connectivity index is 1.61. The van der Waals surface area contributed by atoms with Gasteiger partial charge in [0.25, 0.3) is 15.9 Å². The zero-order chi connectivity index (χ0) is 25.7. The third kappa shape index (κ3) is 5.36. The van der Waals surface area contributed by atoms with Crippen molar-refractivity contribution in [3.63, 3.8) is 0 Å². The summed E-state index contributed by atoms with van der Waals surface area (Å²) in [6, 6.07) is 21.7. The highest BCUT2D eigenvalue weighted by Crippen LogP contribution is 2.29. The molecule has 0 aliphatic heterocycles. The molecule has 0 bridgehead atoms. The molecule has 0 spiro atoms. The first-order valence-corrected chi connectivity index (χ1v) is 12.8. The summed E-state index contributed by atoms with van der Waals surface area (Å²) in [7, 11) is -4.15. The topological polar surface area (TPSA) is 127 Å². The van der Waals surface area contributed by atoms with Gasteiger partial charge in [0.2, 0.25) is 5.76 Å². The molecule has 3 aromatic carbocycles. The molecule has 1 amide bonds.